The van der Waals surface area contributed by atoms with Crippen molar-refractivity contribution in [1.29, 1.82) is 0 Å². The molecule has 128 valence electrons. The van der Waals surface area contributed by atoms with Crippen molar-refractivity contribution in [2.75, 3.05) is 0 Å². The lowest BCUT2D eigenvalue weighted by Gasteiger charge is -2.15. The summed E-state index contributed by atoms with van der Waals surface area (Å²) >= 11 is 0. The van der Waals surface area contributed by atoms with Crippen molar-refractivity contribution < 1.29 is 9.53 Å². The number of carbonyl (C=O) groups is 1. The summed E-state index contributed by atoms with van der Waals surface area (Å²) in [5.74, 6) is 0.987. The van der Waals surface area contributed by atoms with Crippen LogP contribution < -0.4 is 10.1 Å². The zero-order chi connectivity index (χ0) is 16.5. The maximum Gasteiger partial charge on any atom is 0.223 e. The number of carbonyl (C=O) groups excluding carboxylic acids is 1. The normalized spacial score (nSPS) is 16.3. The molecule has 1 aliphatic carbocycles. The SMILES string of the molecule is CCCCC(CC)C(=O)NCc1ccc(OC2CCCC2)nc1. The summed E-state index contributed by atoms with van der Waals surface area (Å²) in [6, 6.07) is 3.90. The van der Waals surface area contributed by atoms with Gasteiger partial charge in [-0.3, -0.25) is 4.79 Å². The lowest BCUT2D eigenvalue weighted by atomic mass is 9.98. The second-order valence-electron chi connectivity index (χ2n) is 6.49. The number of ether oxygens (including phenoxy) is 1. The molecule has 1 aromatic heterocycles. The van der Waals surface area contributed by atoms with Crippen molar-refractivity contribution in [3.63, 3.8) is 0 Å². The van der Waals surface area contributed by atoms with Crippen LogP contribution in [0.3, 0.4) is 0 Å². The highest BCUT2D eigenvalue weighted by Gasteiger charge is 2.17. The number of pyridine rings is 1. The van der Waals surface area contributed by atoms with Gasteiger partial charge in [0.2, 0.25) is 11.8 Å². The molecule has 0 radical (unpaired) electrons. The number of amides is 1. The van der Waals surface area contributed by atoms with E-state index in [9.17, 15) is 4.79 Å². The minimum atomic E-state index is 0.132. The first-order chi connectivity index (χ1) is 11.2. The van der Waals surface area contributed by atoms with E-state index in [-0.39, 0.29) is 11.8 Å². The van der Waals surface area contributed by atoms with Crippen LogP contribution in [0.4, 0.5) is 0 Å². The van der Waals surface area contributed by atoms with Gasteiger partial charge < -0.3 is 10.1 Å². The average Bonchev–Trinajstić information content (AvgIpc) is 3.08. The number of aromatic nitrogens is 1. The van der Waals surface area contributed by atoms with Gasteiger partial charge in [-0.25, -0.2) is 4.98 Å². The predicted octanol–water partition coefficient (Wildman–Crippen LogP) is 4.24. The first-order valence-electron chi connectivity index (χ1n) is 9.12. The van der Waals surface area contributed by atoms with Crippen molar-refractivity contribution >= 4 is 5.91 Å². The number of hydrogen-bond acceptors (Lipinski definition) is 3. The fourth-order valence-electron chi connectivity index (χ4n) is 3.07. The summed E-state index contributed by atoms with van der Waals surface area (Å²) in [7, 11) is 0. The maximum absolute atomic E-state index is 12.2. The van der Waals surface area contributed by atoms with Crippen molar-refractivity contribution in [3.05, 3.63) is 23.9 Å². The topological polar surface area (TPSA) is 51.2 Å². The Labute approximate surface area is 140 Å². The van der Waals surface area contributed by atoms with E-state index in [1.165, 1.54) is 12.8 Å². The van der Waals surface area contributed by atoms with Crippen LogP contribution in [-0.4, -0.2) is 17.0 Å². The molecule has 23 heavy (non-hydrogen) atoms. The average molecular weight is 318 g/mol. The molecule has 2 rings (SSSR count). The molecule has 0 spiro atoms. The number of unbranched alkanes of at least 4 members (excludes halogenated alkanes) is 1. The molecule has 1 N–H and O–H groups in total. The van der Waals surface area contributed by atoms with Gasteiger partial charge in [0.05, 0.1) is 0 Å². The van der Waals surface area contributed by atoms with E-state index in [2.05, 4.69) is 24.1 Å². The Morgan fingerprint density at radius 2 is 2.13 bits per heavy atom. The van der Waals surface area contributed by atoms with Crippen molar-refractivity contribution in [2.24, 2.45) is 5.92 Å². The van der Waals surface area contributed by atoms with Crippen LogP contribution in [-0.2, 0) is 11.3 Å². The van der Waals surface area contributed by atoms with Gasteiger partial charge in [-0.15, -0.1) is 0 Å². The molecule has 4 nitrogen and oxygen atoms in total. The number of rotatable bonds is 9. The van der Waals surface area contributed by atoms with Gasteiger partial charge >= 0.3 is 0 Å². The van der Waals surface area contributed by atoms with Crippen LogP contribution in [0, 0.1) is 5.92 Å². The first-order valence-corrected chi connectivity index (χ1v) is 9.12. The Hall–Kier alpha value is -1.58. The Kier molecular flexibility index (Phi) is 7.37. The van der Waals surface area contributed by atoms with Gasteiger partial charge in [0.25, 0.3) is 0 Å². The smallest absolute Gasteiger partial charge is 0.223 e. The lowest BCUT2D eigenvalue weighted by molar-refractivity contribution is -0.125. The van der Waals surface area contributed by atoms with Gasteiger partial charge in [0.15, 0.2) is 0 Å². The first kappa shape index (κ1) is 17.8. The predicted molar refractivity (Wildman–Crippen MR) is 92.3 cm³/mol. The van der Waals surface area contributed by atoms with E-state index < -0.39 is 0 Å². The zero-order valence-electron chi connectivity index (χ0n) is 14.5. The highest BCUT2D eigenvalue weighted by atomic mass is 16.5. The molecule has 0 bridgehead atoms. The minimum absolute atomic E-state index is 0.132. The molecular weight excluding hydrogens is 288 g/mol. The lowest BCUT2D eigenvalue weighted by Crippen LogP contribution is -2.30. The van der Waals surface area contributed by atoms with Gasteiger partial charge in [0, 0.05) is 24.7 Å². The van der Waals surface area contributed by atoms with E-state index in [0.29, 0.717) is 18.5 Å². The van der Waals surface area contributed by atoms with E-state index in [1.807, 2.05) is 12.1 Å². The van der Waals surface area contributed by atoms with Crippen LogP contribution in [0.1, 0.15) is 70.8 Å². The second-order valence-corrected chi connectivity index (χ2v) is 6.49. The highest BCUT2D eigenvalue weighted by molar-refractivity contribution is 5.78. The van der Waals surface area contributed by atoms with Crippen LogP contribution in [0.15, 0.2) is 18.3 Å². The van der Waals surface area contributed by atoms with Gasteiger partial charge in [-0.05, 0) is 44.1 Å². The Balaban J connectivity index is 1.77. The van der Waals surface area contributed by atoms with Gasteiger partial charge in [-0.1, -0.05) is 32.8 Å². The second kappa shape index (κ2) is 9.53. The van der Waals surface area contributed by atoms with Crippen LogP contribution in [0.25, 0.3) is 0 Å². The molecule has 4 heteroatoms. The summed E-state index contributed by atoms with van der Waals surface area (Å²) in [5, 5.41) is 3.03. The fraction of sp³-hybridized carbons (Fsp3) is 0.684. The Morgan fingerprint density at radius 3 is 2.74 bits per heavy atom. The molecule has 0 saturated heterocycles. The third kappa shape index (κ3) is 5.85. The van der Waals surface area contributed by atoms with Crippen molar-refractivity contribution in [2.45, 2.75) is 77.9 Å². The van der Waals surface area contributed by atoms with E-state index in [0.717, 1.165) is 44.1 Å². The fourth-order valence-corrected chi connectivity index (χ4v) is 3.07. The van der Waals surface area contributed by atoms with Crippen molar-refractivity contribution in [1.82, 2.24) is 10.3 Å². The molecule has 1 atom stereocenters. The molecule has 1 saturated carbocycles. The minimum Gasteiger partial charge on any atom is -0.474 e. The third-order valence-corrected chi connectivity index (χ3v) is 4.62. The van der Waals surface area contributed by atoms with Crippen molar-refractivity contribution in [3.8, 4) is 5.88 Å². The molecule has 0 aromatic carbocycles. The number of hydrogen-bond donors (Lipinski definition) is 1. The van der Waals surface area contributed by atoms with E-state index in [4.69, 9.17) is 4.74 Å². The number of nitrogens with one attached hydrogen (secondary N) is 1. The molecule has 1 unspecified atom stereocenters. The largest absolute Gasteiger partial charge is 0.474 e. The molecule has 1 amide bonds. The Morgan fingerprint density at radius 1 is 1.35 bits per heavy atom. The van der Waals surface area contributed by atoms with Crippen LogP contribution in [0.5, 0.6) is 5.88 Å². The maximum atomic E-state index is 12.2. The monoisotopic (exact) mass is 318 g/mol. The molecule has 1 fully saturated rings. The summed E-state index contributed by atoms with van der Waals surface area (Å²) in [5.41, 5.74) is 1.02. The zero-order valence-corrected chi connectivity index (χ0v) is 14.5. The third-order valence-electron chi connectivity index (χ3n) is 4.62. The molecule has 1 aliphatic rings. The van der Waals surface area contributed by atoms with Crippen LogP contribution >= 0.6 is 0 Å². The summed E-state index contributed by atoms with van der Waals surface area (Å²) in [6.45, 7) is 4.78. The summed E-state index contributed by atoms with van der Waals surface area (Å²) in [6.07, 6.45) is 11.0. The molecule has 1 aromatic rings. The molecular formula is C19H30N2O2. The quantitative estimate of drug-likeness (QED) is 0.741. The standard InChI is InChI=1S/C19H30N2O2/c1-3-5-8-16(4-2)19(22)21-14-15-11-12-18(20-13-15)23-17-9-6-7-10-17/h11-13,16-17H,3-10,14H2,1-2H3,(H,21,22). The highest BCUT2D eigenvalue weighted by Crippen LogP contribution is 2.22. The van der Waals surface area contributed by atoms with Gasteiger partial charge in [-0.2, -0.15) is 0 Å². The van der Waals surface area contributed by atoms with Gasteiger partial charge in [0.1, 0.15) is 6.10 Å². The molecule has 0 aliphatic heterocycles. The molecule has 1 heterocycles. The van der Waals surface area contributed by atoms with E-state index >= 15 is 0 Å². The van der Waals surface area contributed by atoms with Crippen LogP contribution in [0.2, 0.25) is 0 Å². The number of nitrogens with zero attached hydrogens (tertiary/aromatic N) is 1. The van der Waals surface area contributed by atoms with E-state index in [1.54, 1.807) is 6.20 Å². The Bertz CT molecular complexity index is 467. The summed E-state index contributed by atoms with van der Waals surface area (Å²) < 4.78 is 5.86. The summed E-state index contributed by atoms with van der Waals surface area (Å²) in [4.78, 5) is 16.6.